The maximum Gasteiger partial charge on any atom is 0.220 e. The van der Waals surface area contributed by atoms with E-state index in [0.29, 0.717) is 12.8 Å². The first-order valence-corrected chi connectivity index (χ1v) is 7.76. The number of amides is 2. The summed E-state index contributed by atoms with van der Waals surface area (Å²) in [5, 5.41) is 12.7. The van der Waals surface area contributed by atoms with Crippen molar-refractivity contribution >= 4 is 11.8 Å². The second-order valence-electron chi connectivity index (χ2n) is 5.36. The van der Waals surface area contributed by atoms with E-state index in [-0.39, 0.29) is 12.3 Å². The molecular formula is C15H30N2O3. The minimum absolute atomic E-state index is 0.0112. The Morgan fingerprint density at radius 1 is 1.10 bits per heavy atom. The predicted octanol–water partition coefficient (Wildman–Crippen LogP) is 1.87. The van der Waals surface area contributed by atoms with E-state index in [4.69, 9.17) is 5.73 Å². The number of primary amides is 1. The fourth-order valence-corrected chi connectivity index (χ4v) is 2.17. The Labute approximate surface area is 122 Å². The van der Waals surface area contributed by atoms with Gasteiger partial charge in [-0.3, -0.25) is 9.59 Å². The minimum Gasteiger partial charge on any atom is -0.391 e. The van der Waals surface area contributed by atoms with Gasteiger partial charge in [-0.05, 0) is 12.8 Å². The average Bonchev–Trinajstić information content (AvgIpc) is 2.37. The van der Waals surface area contributed by atoms with Crippen molar-refractivity contribution in [1.29, 1.82) is 0 Å². The van der Waals surface area contributed by atoms with Crippen LogP contribution in [0.4, 0.5) is 0 Å². The van der Waals surface area contributed by atoms with Gasteiger partial charge < -0.3 is 16.2 Å². The Balaban J connectivity index is 4.07. The molecule has 5 heteroatoms. The Hall–Kier alpha value is -1.10. The maximum atomic E-state index is 11.8. The third-order valence-electron chi connectivity index (χ3n) is 3.32. The summed E-state index contributed by atoms with van der Waals surface area (Å²) in [6, 6.07) is -0.560. The van der Waals surface area contributed by atoms with E-state index < -0.39 is 18.1 Å². The molecule has 0 aliphatic carbocycles. The molecule has 5 nitrogen and oxygen atoms in total. The first-order valence-electron chi connectivity index (χ1n) is 7.76. The molecule has 0 heterocycles. The molecule has 0 saturated heterocycles. The van der Waals surface area contributed by atoms with Crippen molar-refractivity contribution in [2.75, 3.05) is 0 Å². The molecule has 1 unspecified atom stereocenters. The second-order valence-corrected chi connectivity index (χ2v) is 5.36. The number of carbonyl (C=O) groups excluding carboxylic acids is 2. The molecule has 0 spiro atoms. The summed E-state index contributed by atoms with van der Waals surface area (Å²) in [4.78, 5) is 22.8. The van der Waals surface area contributed by atoms with Crippen LogP contribution in [0.1, 0.15) is 71.6 Å². The van der Waals surface area contributed by atoms with Gasteiger partial charge in [0.1, 0.15) is 0 Å². The van der Waals surface area contributed by atoms with Crippen molar-refractivity contribution in [3.8, 4) is 0 Å². The van der Waals surface area contributed by atoms with Crippen LogP contribution in [0.2, 0.25) is 0 Å². The number of unbranched alkanes of at least 4 members (excludes halogenated alkanes) is 4. The summed E-state index contributed by atoms with van der Waals surface area (Å²) in [7, 11) is 0. The molecule has 0 radical (unpaired) electrons. The monoisotopic (exact) mass is 286 g/mol. The zero-order chi connectivity index (χ0) is 15.4. The predicted molar refractivity (Wildman–Crippen MR) is 80.0 cm³/mol. The Morgan fingerprint density at radius 3 is 2.30 bits per heavy atom. The van der Waals surface area contributed by atoms with Crippen molar-refractivity contribution in [3.63, 3.8) is 0 Å². The molecule has 0 fully saturated rings. The number of hydrogen-bond acceptors (Lipinski definition) is 3. The van der Waals surface area contributed by atoms with Gasteiger partial charge >= 0.3 is 0 Å². The lowest BCUT2D eigenvalue weighted by molar-refractivity contribution is -0.124. The van der Waals surface area contributed by atoms with E-state index in [0.717, 1.165) is 25.7 Å². The highest BCUT2D eigenvalue weighted by molar-refractivity contribution is 5.78. The fourth-order valence-electron chi connectivity index (χ4n) is 2.17. The third kappa shape index (κ3) is 9.78. The van der Waals surface area contributed by atoms with E-state index in [9.17, 15) is 14.7 Å². The Morgan fingerprint density at radius 2 is 1.75 bits per heavy atom. The van der Waals surface area contributed by atoms with Gasteiger partial charge in [-0.1, -0.05) is 46.0 Å². The van der Waals surface area contributed by atoms with E-state index in [1.54, 1.807) is 0 Å². The number of rotatable bonds is 12. The van der Waals surface area contributed by atoms with Crippen LogP contribution in [-0.2, 0) is 9.59 Å². The molecule has 20 heavy (non-hydrogen) atoms. The van der Waals surface area contributed by atoms with Gasteiger partial charge in [-0.2, -0.15) is 0 Å². The van der Waals surface area contributed by atoms with E-state index in [2.05, 4.69) is 12.2 Å². The van der Waals surface area contributed by atoms with Crippen LogP contribution >= 0.6 is 0 Å². The van der Waals surface area contributed by atoms with Gasteiger partial charge in [0.05, 0.1) is 12.1 Å². The largest absolute Gasteiger partial charge is 0.391 e. The average molecular weight is 286 g/mol. The van der Waals surface area contributed by atoms with Gasteiger partial charge in [-0.15, -0.1) is 0 Å². The van der Waals surface area contributed by atoms with Gasteiger partial charge in [0.15, 0.2) is 0 Å². The molecule has 2 amide bonds. The molecule has 0 aromatic rings. The zero-order valence-electron chi connectivity index (χ0n) is 12.9. The SMILES string of the molecule is CCCCCCCC(=O)N[C@H](CC(N)=O)C(O)CCC. The van der Waals surface area contributed by atoms with Crippen LogP contribution in [-0.4, -0.2) is 29.1 Å². The summed E-state index contributed by atoms with van der Waals surface area (Å²) in [6.07, 6.45) is 6.47. The summed E-state index contributed by atoms with van der Waals surface area (Å²) in [5.74, 6) is -0.615. The molecular weight excluding hydrogens is 256 g/mol. The molecule has 2 atom stereocenters. The molecule has 0 aromatic carbocycles. The van der Waals surface area contributed by atoms with Crippen molar-refractivity contribution in [2.24, 2.45) is 5.73 Å². The maximum absolute atomic E-state index is 11.8. The highest BCUT2D eigenvalue weighted by atomic mass is 16.3. The lowest BCUT2D eigenvalue weighted by Gasteiger charge is -2.22. The molecule has 0 saturated carbocycles. The number of nitrogens with two attached hydrogens (primary N) is 1. The number of aliphatic hydroxyl groups excluding tert-OH is 1. The van der Waals surface area contributed by atoms with Crippen molar-refractivity contribution in [1.82, 2.24) is 5.32 Å². The van der Waals surface area contributed by atoms with Gasteiger partial charge in [0.25, 0.3) is 0 Å². The first kappa shape index (κ1) is 18.9. The molecule has 0 aliphatic heterocycles. The van der Waals surface area contributed by atoms with Gasteiger partial charge in [-0.25, -0.2) is 0 Å². The quantitative estimate of drug-likeness (QED) is 0.478. The van der Waals surface area contributed by atoms with Crippen LogP contribution in [0, 0.1) is 0 Å². The highest BCUT2D eigenvalue weighted by Gasteiger charge is 2.22. The first-order chi connectivity index (χ1) is 9.51. The smallest absolute Gasteiger partial charge is 0.220 e. The molecule has 4 N–H and O–H groups in total. The lowest BCUT2D eigenvalue weighted by atomic mass is 10.0. The summed E-state index contributed by atoms with van der Waals surface area (Å²) in [6.45, 7) is 4.09. The molecule has 0 aromatic heterocycles. The summed E-state index contributed by atoms with van der Waals surface area (Å²) >= 11 is 0. The normalized spacial score (nSPS) is 13.8. The topological polar surface area (TPSA) is 92.4 Å². The highest BCUT2D eigenvalue weighted by Crippen LogP contribution is 2.08. The van der Waals surface area contributed by atoms with E-state index in [1.165, 1.54) is 12.8 Å². The number of hydrogen-bond donors (Lipinski definition) is 3. The fraction of sp³-hybridized carbons (Fsp3) is 0.867. The molecule has 0 bridgehead atoms. The number of aliphatic hydroxyl groups is 1. The third-order valence-corrected chi connectivity index (χ3v) is 3.32. The number of nitrogens with one attached hydrogen (secondary N) is 1. The lowest BCUT2D eigenvalue weighted by Crippen LogP contribution is -2.45. The van der Waals surface area contributed by atoms with Crippen molar-refractivity contribution in [3.05, 3.63) is 0 Å². The Kier molecular flexibility index (Phi) is 11.1. The molecule has 118 valence electrons. The van der Waals surface area contributed by atoms with Crippen LogP contribution in [0.25, 0.3) is 0 Å². The van der Waals surface area contributed by atoms with E-state index >= 15 is 0 Å². The second kappa shape index (κ2) is 11.7. The molecule has 0 aliphatic rings. The van der Waals surface area contributed by atoms with Crippen LogP contribution in [0.5, 0.6) is 0 Å². The minimum atomic E-state index is -0.712. The van der Waals surface area contributed by atoms with Crippen molar-refractivity contribution in [2.45, 2.75) is 83.8 Å². The van der Waals surface area contributed by atoms with Crippen LogP contribution in [0.15, 0.2) is 0 Å². The van der Waals surface area contributed by atoms with Crippen LogP contribution in [0.3, 0.4) is 0 Å². The van der Waals surface area contributed by atoms with Crippen molar-refractivity contribution < 1.29 is 14.7 Å². The van der Waals surface area contributed by atoms with Gasteiger partial charge in [0.2, 0.25) is 11.8 Å². The van der Waals surface area contributed by atoms with E-state index in [1.807, 2.05) is 6.92 Å². The number of carbonyl (C=O) groups is 2. The van der Waals surface area contributed by atoms with Gasteiger partial charge in [0, 0.05) is 12.8 Å². The standard InChI is InChI=1S/C15H30N2O3/c1-3-5-6-7-8-10-15(20)17-12(11-14(16)19)13(18)9-4-2/h12-13,18H,3-11H2,1-2H3,(H2,16,19)(H,17,20)/t12-,13?/m1/s1. The molecule has 0 rings (SSSR count). The zero-order valence-corrected chi connectivity index (χ0v) is 12.9. The van der Waals surface area contributed by atoms with Crippen LogP contribution < -0.4 is 11.1 Å². The summed E-state index contributed by atoms with van der Waals surface area (Å²) < 4.78 is 0. The Bertz CT molecular complexity index is 282. The summed E-state index contributed by atoms with van der Waals surface area (Å²) in [5.41, 5.74) is 5.16.